The molecule has 0 aromatic heterocycles. The molecule has 19 heavy (non-hydrogen) atoms. The average Bonchev–Trinajstić information content (AvgIpc) is 2.35. The molecule has 1 N–H and O–H groups in total. The number of aryl methyl sites for hydroxylation is 2. The molecule has 1 atom stereocenters. The van der Waals surface area contributed by atoms with Gasteiger partial charge in [-0.1, -0.05) is 57.4 Å². The molecule has 0 spiro atoms. The summed E-state index contributed by atoms with van der Waals surface area (Å²) in [6.45, 7) is 7.39. The Morgan fingerprint density at radius 1 is 1.05 bits per heavy atom. The molecule has 0 amide bonds. The molecule has 0 bridgehead atoms. The van der Waals surface area contributed by atoms with E-state index < -0.39 is 0 Å². The zero-order chi connectivity index (χ0) is 13.8. The Morgan fingerprint density at radius 3 is 2.37 bits per heavy atom. The van der Waals surface area contributed by atoms with Gasteiger partial charge in [-0.25, -0.2) is 0 Å². The van der Waals surface area contributed by atoms with E-state index >= 15 is 0 Å². The van der Waals surface area contributed by atoms with E-state index in [1.54, 1.807) is 0 Å². The molecule has 0 heterocycles. The summed E-state index contributed by atoms with van der Waals surface area (Å²) in [7, 11) is 0. The van der Waals surface area contributed by atoms with Gasteiger partial charge in [-0.15, -0.1) is 0 Å². The fourth-order valence-corrected chi connectivity index (χ4v) is 2.75. The molecule has 2 aromatic rings. The SMILES string of the molecule is Cc1cc(C)cc(CN[C@H](C)c2cccc(Br)c2)c1. The molecule has 2 aromatic carbocycles. The summed E-state index contributed by atoms with van der Waals surface area (Å²) in [4.78, 5) is 0. The van der Waals surface area contributed by atoms with E-state index in [9.17, 15) is 0 Å². The Labute approximate surface area is 124 Å². The smallest absolute Gasteiger partial charge is 0.0295 e. The summed E-state index contributed by atoms with van der Waals surface area (Å²) in [6.07, 6.45) is 0. The number of halogens is 1. The lowest BCUT2D eigenvalue weighted by molar-refractivity contribution is 0.574. The minimum absolute atomic E-state index is 0.346. The Hall–Kier alpha value is -1.12. The van der Waals surface area contributed by atoms with Crippen LogP contribution in [0.2, 0.25) is 0 Å². The van der Waals surface area contributed by atoms with E-state index in [1.165, 1.54) is 22.3 Å². The highest BCUT2D eigenvalue weighted by atomic mass is 79.9. The molecule has 0 aliphatic heterocycles. The maximum absolute atomic E-state index is 3.58. The van der Waals surface area contributed by atoms with Gasteiger partial charge in [0.25, 0.3) is 0 Å². The minimum Gasteiger partial charge on any atom is -0.306 e. The topological polar surface area (TPSA) is 12.0 Å². The van der Waals surface area contributed by atoms with Crippen molar-refractivity contribution in [2.45, 2.75) is 33.4 Å². The van der Waals surface area contributed by atoms with Crippen LogP contribution in [0.3, 0.4) is 0 Å². The van der Waals surface area contributed by atoms with Crippen molar-refractivity contribution in [2.24, 2.45) is 0 Å². The van der Waals surface area contributed by atoms with Crippen molar-refractivity contribution in [3.63, 3.8) is 0 Å². The van der Waals surface area contributed by atoms with Crippen LogP contribution in [0.5, 0.6) is 0 Å². The maximum atomic E-state index is 3.58. The Bertz CT molecular complexity index is 543. The maximum Gasteiger partial charge on any atom is 0.0295 e. The molecule has 0 saturated carbocycles. The van der Waals surface area contributed by atoms with Crippen LogP contribution in [-0.4, -0.2) is 0 Å². The van der Waals surface area contributed by atoms with Crippen molar-refractivity contribution in [1.82, 2.24) is 5.32 Å². The standard InChI is InChI=1S/C17H20BrN/c1-12-7-13(2)9-15(8-12)11-19-14(3)16-5-4-6-17(18)10-16/h4-10,14,19H,11H2,1-3H3/t14-/m1/s1. The summed E-state index contributed by atoms with van der Waals surface area (Å²) in [6, 6.07) is 15.5. The highest BCUT2D eigenvalue weighted by Gasteiger charge is 2.05. The van der Waals surface area contributed by atoms with Crippen LogP contribution in [0.25, 0.3) is 0 Å². The highest BCUT2D eigenvalue weighted by Crippen LogP contribution is 2.18. The lowest BCUT2D eigenvalue weighted by atomic mass is 10.1. The predicted molar refractivity (Wildman–Crippen MR) is 85.3 cm³/mol. The zero-order valence-corrected chi connectivity index (χ0v) is 13.3. The van der Waals surface area contributed by atoms with Crippen molar-refractivity contribution >= 4 is 15.9 Å². The normalized spacial score (nSPS) is 12.4. The molecule has 0 saturated heterocycles. The zero-order valence-electron chi connectivity index (χ0n) is 11.7. The average molecular weight is 318 g/mol. The van der Waals surface area contributed by atoms with E-state index in [2.05, 4.69) is 84.5 Å². The molecule has 0 unspecified atom stereocenters. The summed E-state index contributed by atoms with van der Waals surface area (Å²) < 4.78 is 1.13. The van der Waals surface area contributed by atoms with Crippen molar-refractivity contribution in [2.75, 3.05) is 0 Å². The van der Waals surface area contributed by atoms with E-state index in [4.69, 9.17) is 0 Å². The van der Waals surface area contributed by atoms with Crippen LogP contribution in [-0.2, 0) is 6.54 Å². The van der Waals surface area contributed by atoms with Crippen LogP contribution in [0.15, 0.2) is 46.9 Å². The summed E-state index contributed by atoms with van der Waals surface area (Å²) >= 11 is 3.52. The predicted octanol–water partition coefficient (Wildman–Crippen LogP) is 4.92. The van der Waals surface area contributed by atoms with Gasteiger partial charge in [0.2, 0.25) is 0 Å². The molecule has 2 heteroatoms. The number of nitrogens with one attached hydrogen (secondary N) is 1. The first-order valence-electron chi connectivity index (χ1n) is 6.60. The first-order chi connectivity index (χ1) is 9.04. The number of hydrogen-bond donors (Lipinski definition) is 1. The molecular formula is C17H20BrN. The molecular weight excluding hydrogens is 298 g/mol. The monoisotopic (exact) mass is 317 g/mol. The van der Waals surface area contributed by atoms with Crippen molar-refractivity contribution in [3.05, 3.63) is 69.2 Å². The van der Waals surface area contributed by atoms with E-state index in [1.807, 2.05) is 0 Å². The van der Waals surface area contributed by atoms with Crippen molar-refractivity contribution in [1.29, 1.82) is 0 Å². The van der Waals surface area contributed by atoms with Crippen molar-refractivity contribution < 1.29 is 0 Å². The minimum atomic E-state index is 0.346. The van der Waals surface area contributed by atoms with Gasteiger partial charge in [0.1, 0.15) is 0 Å². The van der Waals surface area contributed by atoms with Gasteiger partial charge in [0.05, 0.1) is 0 Å². The van der Waals surface area contributed by atoms with Gasteiger partial charge in [-0.05, 0) is 44.0 Å². The molecule has 0 aliphatic rings. The lowest BCUT2D eigenvalue weighted by Crippen LogP contribution is -2.18. The summed E-state index contributed by atoms with van der Waals surface area (Å²) in [5.41, 5.74) is 5.30. The first-order valence-corrected chi connectivity index (χ1v) is 7.40. The van der Waals surface area contributed by atoms with Crippen LogP contribution in [0.4, 0.5) is 0 Å². The van der Waals surface area contributed by atoms with Gasteiger partial charge >= 0.3 is 0 Å². The first kappa shape index (κ1) is 14.3. The van der Waals surface area contributed by atoms with Gasteiger partial charge in [-0.2, -0.15) is 0 Å². The van der Waals surface area contributed by atoms with Crippen LogP contribution < -0.4 is 5.32 Å². The Kier molecular flexibility index (Phi) is 4.78. The van der Waals surface area contributed by atoms with E-state index in [0.29, 0.717) is 6.04 Å². The molecule has 0 fully saturated rings. The van der Waals surface area contributed by atoms with Crippen LogP contribution in [0, 0.1) is 13.8 Å². The van der Waals surface area contributed by atoms with Crippen LogP contribution in [0.1, 0.15) is 35.2 Å². The second-order valence-electron chi connectivity index (χ2n) is 5.15. The van der Waals surface area contributed by atoms with Crippen LogP contribution >= 0.6 is 15.9 Å². The Morgan fingerprint density at radius 2 is 1.74 bits per heavy atom. The number of hydrogen-bond acceptors (Lipinski definition) is 1. The molecule has 2 rings (SSSR count). The van der Waals surface area contributed by atoms with Gasteiger partial charge in [-0.3, -0.25) is 0 Å². The molecule has 1 nitrogen and oxygen atoms in total. The third-order valence-corrected chi connectivity index (χ3v) is 3.74. The van der Waals surface area contributed by atoms with Gasteiger partial charge in [0, 0.05) is 17.1 Å². The third kappa shape index (κ3) is 4.19. The van der Waals surface area contributed by atoms with Crippen molar-refractivity contribution in [3.8, 4) is 0 Å². The third-order valence-electron chi connectivity index (χ3n) is 3.24. The highest BCUT2D eigenvalue weighted by molar-refractivity contribution is 9.10. The molecule has 0 radical (unpaired) electrons. The quantitative estimate of drug-likeness (QED) is 0.844. The van der Waals surface area contributed by atoms with E-state index in [-0.39, 0.29) is 0 Å². The fraction of sp³-hybridized carbons (Fsp3) is 0.294. The molecule has 100 valence electrons. The fourth-order valence-electron chi connectivity index (χ4n) is 2.34. The number of benzene rings is 2. The molecule has 0 aliphatic carbocycles. The lowest BCUT2D eigenvalue weighted by Gasteiger charge is -2.15. The summed E-state index contributed by atoms with van der Waals surface area (Å²) in [5, 5.41) is 3.58. The summed E-state index contributed by atoms with van der Waals surface area (Å²) in [5.74, 6) is 0. The second kappa shape index (κ2) is 6.36. The Balaban J connectivity index is 2.02. The largest absolute Gasteiger partial charge is 0.306 e. The van der Waals surface area contributed by atoms with Gasteiger partial charge < -0.3 is 5.32 Å². The van der Waals surface area contributed by atoms with E-state index in [0.717, 1.165) is 11.0 Å². The van der Waals surface area contributed by atoms with Gasteiger partial charge in [0.15, 0.2) is 0 Å². The second-order valence-corrected chi connectivity index (χ2v) is 6.07. The number of rotatable bonds is 4.